The van der Waals surface area contributed by atoms with Crippen molar-refractivity contribution in [1.29, 1.82) is 0 Å². The second-order valence-corrected chi connectivity index (χ2v) is 6.43. The minimum atomic E-state index is -0.813. The molecule has 0 aliphatic carbocycles. The van der Waals surface area contributed by atoms with Crippen molar-refractivity contribution in [3.05, 3.63) is 71.8 Å². The molecule has 148 valence electrons. The molecule has 28 heavy (non-hydrogen) atoms. The summed E-state index contributed by atoms with van der Waals surface area (Å²) in [5, 5.41) is 2.70. The van der Waals surface area contributed by atoms with Crippen molar-refractivity contribution in [3.8, 4) is 0 Å². The van der Waals surface area contributed by atoms with Crippen molar-refractivity contribution in [2.75, 3.05) is 20.2 Å². The van der Waals surface area contributed by atoms with E-state index in [0.717, 1.165) is 11.1 Å². The zero-order valence-corrected chi connectivity index (χ0v) is 15.8. The molecule has 0 saturated carbocycles. The first kappa shape index (κ1) is 21.1. The maximum atomic E-state index is 12.5. The van der Waals surface area contributed by atoms with Crippen molar-refractivity contribution in [2.45, 2.75) is 19.0 Å². The minimum Gasteiger partial charge on any atom is -0.467 e. The molecule has 0 radical (unpaired) electrons. The number of nitrogens with one attached hydrogen (secondary N) is 1. The van der Waals surface area contributed by atoms with Crippen molar-refractivity contribution in [3.63, 3.8) is 0 Å². The Labute approximate surface area is 164 Å². The van der Waals surface area contributed by atoms with E-state index in [0.29, 0.717) is 13.0 Å². The fourth-order valence-electron chi connectivity index (χ4n) is 2.86. The summed E-state index contributed by atoms with van der Waals surface area (Å²) in [5.74, 6) is -1.44. The van der Waals surface area contributed by atoms with E-state index in [9.17, 15) is 14.4 Å². The van der Waals surface area contributed by atoms with E-state index in [4.69, 9.17) is 10.5 Å². The summed E-state index contributed by atoms with van der Waals surface area (Å²) in [4.78, 5) is 37.6. The smallest absolute Gasteiger partial charge is 0.328 e. The van der Waals surface area contributed by atoms with Gasteiger partial charge in [-0.3, -0.25) is 14.5 Å². The molecule has 0 fully saturated rings. The van der Waals surface area contributed by atoms with Gasteiger partial charge in [-0.1, -0.05) is 60.7 Å². The quantitative estimate of drug-likeness (QED) is 0.593. The number of esters is 1. The Hall–Kier alpha value is -3.19. The van der Waals surface area contributed by atoms with Gasteiger partial charge in [0.15, 0.2) is 0 Å². The average molecular weight is 383 g/mol. The highest BCUT2D eigenvalue weighted by Crippen LogP contribution is 2.06. The Morgan fingerprint density at radius 1 is 0.964 bits per heavy atom. The molecular formula is C21H25N3O4. The number of rotatable bonds is 10. The van der Waals surface area contributed by atoms with Crippen molar-refractivity contribution in [1.82, 2.24) is 10.2 Å². The van der Waals surface area contributed by atoms with E-state index in [1.54, 1.807) is 4.90 Å². The molecule has 0 aliphatic heterocycles. The first-order valence-electron chi connectivity index (χ1n) is 8.93. The van der Waals surface area contributed by atoms with Crippen molar-refractivity contribution in [2.24, 2.45) is 5.73 Å². The summed E-state index contributed by atoms with van der Waals surface area (Å²) < 4.78 is 4.81. The summed E-state index contributed by atoms with van der Waals surface area (Å²) in [5.41, 5.74) is 7.16. The van der Waals surface area contributed by atoms with Crippen LogP contribution >= 0.6 is 0 Å². The highest BCUT2D eigenvalue weighted by Gasteiger charge is 2.23. The van der Waals surface area contributed by atoms with Crippen LogP contribution in [-0.2, 0) is 32.1 Å². The number of hydrogen-bond donors (Lipinski definition) is 2. The second kappa shape index (κ2) is 10.8. The van der Waals surface area contributed by atoms with Crippen LogP contribution in [0.3, 0.4) is 0 Å². The Morgan fingerprint density at radius 2 is 1.54 bits per heavy atom. The van der Waals surface area contributed by atoms with Crippen LogP contribution in [0.4, 0.5) is 0 Å². The highest BCUT2D eigenvalue weighted by molar-refractivity contribution is 5.86. The molecule has 0 saturated heterocycles. The summed E-state index contributed by atoms with van der Waals surface area (Å²) in [6.07, 6.45) is 0.313. The van der Waals surface area contributed by atoms with Gasteiger partial charge in [0.25, 0.3) is 0 Å². The monoisotopic (exact) mass is 383 g/mol. The summed E-state index contributed by atoms with van der Waals surface area (Å²) in [6.45, 7) is 0.253. The molecule has 0 bridgehead atoms. The Bertz CT molecular complexity index is 781. The number of hydrogen-bond acceptors (Lipinski definition) is 5. The van der Waals surface area contributed by atoms with Gasteiger partial charge in [0.2, 0.25) is 11.8 Å². The average Bonchev–Trinajstić information content (AvgIpc) is 2.68. The SMILES string of the molecule is COC(=O)C(Cc1ccccc1)NC(=O)CN(CC(N)=O)Cc1ccccc1. The Kier molecular flexibility index (Phi) is 8.17. The Morgan fingerprint density at radius 3 is 2.07 bits per heavy atom. The third-order valence-corrected chi connectivity index (χ3v) is 4.10. The van der Waals surface area contributed by atoms with Crippen LogP contribution in [0.2, 0.25) is 0 Å². The molecule has 2 aromatic rings. The normalized spacial score (nSPS) is 11.6. The zero-order chi connectivity index (χ0) is 20.4. The minimum absolute atomic E-state index is 0.0656. The van der Waals surface area contributed by atoms with Gasteiger partial charge in [-0.15, -0.1) is 0 Å². The lowest BCUT2D eigenvalue weighted by Crippen LogP contribution is -2.48. The molecule has 0 heterocycles. The fraction of sp³-hybridized carbons (Fsp3) is 0.286. The van der Waals surface area contributed by atoms with E-state index in [2.05, 4.69) is 5.32 Å². The molecule has 0 spiro atoms. The lowest BCUT2D eigenvalue weighted by molar-refractivity contribution is -0.145. The maximum absolute atomic E-state index is 12.5. The predicted octanol–water partition coefficient (Wildman–Crippen LogP) is 0.874. The molecule has 0 aliphatic rings. The molecule has 3 N–H and O–H groups in total. The summed E-state index contributed by atoms with van der Waals surface area (Å²) in [6, 6.07) is 18.0. The standard InChI is InChI=1S/C21H25N3O4/c1-28-21(27)18(12-16-8-4-2-5-9-16)23-20(26)15-24(14-19(22)25)13-17-10-6-3-7-11-17/h2-11,18H,12-15H2,1H3,(H2,22,25)(H,23,26). The van der Waals surface area contributed by atoms with Crippen LogP contribution in [-0.4, -0.2) is 48.9 Å². The van der Waals surface area contributed by atoms with E-state index in [-0.39, 0.29) is 19.0 Å². The van der Waals surface area contributed by atoms with E-state index in [1.165, 1.54) is 7.11 Å². The largest absolute Gasteiger partial charge is 0.467 e. The lowest BCUT2D eigenvalue weighted by atomic mass is 10.1. The van der Waals surface area contributed by atoms with Gasteiger partial charge in [0, 0.05) is 13.0 Å². The molecule has 2 aromatic carbocycles. The number of ether oxygens (including phenoxy) is 1. The second-order valence-electron chi connectivity index (χ2n) is 6.43. The molecule has 7 heteroatoms. The topological polar surface area (TPSA) is 102 Å². The van der Waals surface area contributed by atoms with Gasteiger partial charge >= 0.3 is 5.97 Å². The number of carbonyl (C=O) groups is 3. The molecule has 1 atom stereocenters. The van der Waals surface area contributed by atoms with Gasteiger partial charge in [-0.05, 0) is 11.1 Å². The zero-order valence-electron chi connectivity index (χ0n) is 15.8. The lowest BCUT2D eigenvalue weighted by Gasteiger charge is -2.22. The number of primary amides is 1. The third-order valence-electron chi connectivity index (χ3n) is 4.10. The summed E-state index contributed by atoms with van der Waals surface area (Å²) >= 11 is 0. The molecule has 0 aromatic heterocycles. The van der Waals surface area contributed by atoms with Gasteiger partial charge in [0.1, 0.15) is 6.04 Å². The van der Waals surface area contributed by atoms with Crippen molar-refractivity contribution < 1.29 is 19.1 Å². The molecular weight excluding hydrogens is 358 g/mol. The van der Waals surface area contributed by atoms with Crippen LogP contribution in [0.15, 0.2) is 60.7 Å². The van der Waals surface area contributed by atoms with Crippen LogP contribution in [0.25, 0.3) is 0 Å². The molecule has 7 nitrogen and oxygen atoms in total. The highest BCUT2D eigenvalue weighted by atomic mass is 16.5. The molecule has 1 unspecified atom stereocenters. The fourth-order valence-corrected chi connectivity index (χ4v) is 2.86. The maximum Gasteiger partial charge on any atom is 0.328 e. The van der Waals surface area contributed by atoms with E-state index in [1.807, 2.05) is 60.7 Å². The predicted molar refractivity (Wildman–Crippen MR) is 105 cm³/mol. The third kappa shape index (κ3) is 7.20. The van der Waals surface area contributed by atoms with Gasteiger partial charge in [-0.25, -0.2) is 4.79 Å². The van der Waals surface area contributed by atoms with Gasteiger partial charge in [-0.2, -0.15) is 0 Å². The number of amides is 2. The number of nitrogens with two attached hydrogens (primary N) is 1. The van der Waals surface area contributed by atoms with Crippen LogP contribution in [0.1, 0.15) is 11.1 Å². The van der Waals surface area contributed by atoms with Crippen molar-refractivity contribution >= 4 is 17.8 Å². The van der Waals surface area contributed by atoms with E-state index < -0.39 is 17.9 Å². The first-order valence-corrected chi connectivity index (χ1v) is 8.93. The number of nitrogens with zero attached hydrogens (tertiary/aromatic N) is 1. The van der Waals surface area contributed by atoms with Gasteiger partial charge in [0.05, 0.1) is 20.2 Å². The number of benzene rings is 2. The van der Waals surface area contributed by atoms with Crippen LogP contribution in [0.5, 0.6) is 0 Å². The molecule has 2 rings (SSSR count). The molecule has 2 amide bonds. The summed E-state index contributed by atoms with van der Waals surface area (Å²) in [7, 11) is 1.28. The Balaban J connectivity index is 2.02. The number of carbonyl (C=O) groups excluding carboxylic acids is 3. The van der Waals surface area contributed by atoms with Crippen LogP contribution in [0, 0.1) is 0 Å². The van der Waals surface area contributed by atoms with Gasteiger partial charge < -0.3 is 15.8 Å². The first-order chi connectivity index (χ1) is 13.5. The van der Waals surface area contributed by atoms with Crippen LogP contribution < -0.4 is 11.1 Å². The number of methoxy groups -OCH3 is 1. The van der Waals surface area contributed by atoms with E-state index >= 15 is 0 Å².